The minimum Gasteiger partial charge on any atom is -0.496 e. The van der Waals surface area contributed by atoms with Gasteiger partial charge < -0.3 is 15.2 Å². The summed E-state index contributed by atoms with van der Waals surface area (Å²) in [6.45, 7) is 0.590. The third-order valence-corrected chi connectivity index (χ3v) is 2.78. The van der Waals surface area contributed by atoms with Crippen molar-refractivity contribution in [3.05, 3.63) is 29.8 Å². The number of hydrogen-bond donors (Lipinski definition) is 2. The maximum Gasteiger partial charge on any atom is 0.417 e. The van der Waals surface area contributed by atoms with Gasteiger partial charge in [0.2, 0.25) is 5.91 Å². The molecule has 112 valence electrons. The molecule has 0 heterocycles. The van der Waals surface area contributed by atoms with E-state index in [0.29, 0.717) is 18.2 Å². The van der Waals surface area contributed by atoms with Crippen molar-refractivity contribution in [1.82, 2.24) is 5.32 Å². The zero-order valence-electron chi connectivity index (χ0n) is 11.1. The number of hydrogen-bond acceptors (Lipinski definition) is 3. The molecule has 4 nitrogen and oxygen atoms in total. The Balaban J connectivity index is 2.60. The van der Waals surface area contributed by atoms with Crippen molar-refractivity contribution in [2.45, 2.75) is 31.7 Å². The lowest BCUT2D eigenvalue weighted by molar-refractivity contribution is -0.253. The Kier molecular flexibility index (Phi) is 4.99. The minimum absolute atomic E-state index is 0.0246. The van der Waals surface area contributed by atoms with Crippen LogP contribution in [0.3, 0.4) is 0 Å². The predicted octanol–water partition coefficient (Wildman–Crippen LogP) is 2.01. The van der Waals surface area contributed by atoms with Crippen LogP contribution in [0.1, 0.15) is 18.9 Å². The van der Waals surface area contributed by atoms with Gasteiger partial charge in [-0.15, -0.1) is 0 Å². The molecule has 0 fully saturated rings. The number of alkyl halides is 3. The lowest BCUT2D eigenvalue weighted by atomic mass is 10.0. The first-order valence-corrected chi connectivity index (χ1v) is 5.85. The number of amides is 1. The van der Waals surface area contributed by atoms with E-state index in [1.165, 1.54) is 7.11 Å². The van der Waals surface area contributed by atoms with Crippen LogP contribution in [0.2, 0.25) is 0 Å². The second kappa shape index (κ2) is 6.13. The third kappa shape index (κ3) is 4.12. The molecule has 0 saturated carbocycles. The van der Waals surface area contributed by atoms with Gasteiger partial charge in [0.15, 0.2) is 5.60 Å². The average molecular weight is 291 g/mol. The Hall–Kier alpha value is -1.76. The van der Waals surface area contributed by atoms with Crippen molar-refractivity contribution in [3.8, 4) is 5.75 Å². The average Bonchev–Trinajstić information content (AvgIpc) is 2.34. The van der Waals surface area contributed by atoms with Crippen LogP contribution >= 0.6 is 0 Å². The molecule has 0 spiro atoms. The standard InChI is InChI=1S/C13H16F3NO3/c1-12(19,13(14,15)16)7-11(18)17-8-9-5-3-4-6-10(9)20-2/h3-6,19H,7-8H2,1-2H3,(H,17,18)/t12-/m1/s1. The van der Waals surface area contributed by atoms with Gasteiger partial charge in [-0.3, -0.25) is 4.79 Å². The maximum absolute atomic E-state index is 12.4. The quantitative estimate of drug-likeness (QED) is 0.872. The largest absolute Gasteiger partial charge is 0.496 e. The number of rotatable bonds is 5. The molecule has 0 aliphatic heterocycles. The summed E-state index contributed by atoms with van der Waals surface area (Å²) in [6, 6.07) is 6.81. The summed E-state index contributed by atoms with van der Waals surface area (Å²) in [5.74, 6) is -0.367. The van der Waals surface area contributed by atoms with E-state index in [1.807, 2.05) is 0 Å². The Morgan fingerprint density at radius 2 is 1.95 bits per heavy atom. The maximum atomic E-state index is 12.4. The molecule has 0 aromatic heterocycles. The second-order valence-electron chi connectivity index (χ2n) is 4.54. The zero-order valence-corrected chi connectivity index (χ0v) is 11.1. The molecule has 1 aromatic rings. The molecule has 0 saturated heterocycles. The first-order valence-electron chi connectivity index (χ1n) is 5.85. The van der Waals surface area contributed by atoms with Crippen LogP contribution in [0.25, 0.3) is 0 Å². The molecule has 7 heteroatoms. The number of ether oxygens (including phenoxy) is 1. The SMILES string of the molecule is COc1ccccc1CNC(=O)C[C@@](C)(O)C(F)(F)F. The highest BCUT2D eigenvalue weighted by Gasteiger charge is 2.50. The van der Waals surface area contributed by atoms with Crippen LogP contribution < -0.4 is 10.1 Å². The van der Waals surface area contributed by atoms with E-state index in [4.69, 9.17) is 4.74 Å². The summed E-state index contributed by atoms with van der Waals surface area (Å²) in [5.41, 5.74) is -2.41. The third-order valence-electron chi connectivity index (χ3n) is 2.78. The molecule has 0 bridgehead atoms. The Labute approximate surface area is 114 Å². The Morgan fingerprint density at radius 3 is 2.50 bits per heavy atom. The lowest BCUT2D eigenvalue weighted by Gasteiger charge is -2.25. The van der Waals surface area contributed by atoms with Crippen molar-refractivity contribution in [3.63, 3.8) is 0 Å². The normalized spacial score (nSPS) is 14.5. The summed E-state index contributed by atoms with van der Waals surface area (Å²) in [4.78, 5) is 11.5. The van der Waals surface area contributed by atoms with Crippen LogP contribution in [0.5, 0.6) is 5.75 Å². The van der Waals surface area contributed by atoms with E-state index in [2.05, 4.69) is 5.32 Å². The Bertz CT molecular complexity index is 472. The Morgan fingerprint density at radius 1 is 1.35 bits per heavy atom. The smallest absolute Gasteiger partial charge is 0.417 e. The summed E-state index contributed by atoms with van der Waals surface area (Å²) >= 11 is 0. The van der Waals surface area contributed by atoms with Gasteiger partial charge in [0.05, 0.1) is 13.5 Å². The number of aliphatic hydroxyl groups is 1. The van der Waals surface area contributed by atoms with Gasteiger partial charge >= 0.3 is 6.18 Å². The number of halogens is 3. The fourth-order valence-electron chi connectivity index (χ4n) is 1.52. The summed E-state index contributed by atoms with van der Waals surface area (Å²) in [5, 5.41) is 11.5. The molecule has 1 amide bonds. The van der Waals surface area contributed by atoms with Gasteiger partial charge in [0.25, 0.3) is 0 Å². The van der Waals surface area contributed by atoms with Crippen molar-refractivity contribution in [2.75, 3.05) is 7.11 Å². The molecule has 1 aromatic carbocycles. The molecule has 1 rings (SSSR count). The van der Waals surface area contributed by atoms with Gasteiger partial charge in [-0.25, -0.2) is 0 Å². The van der Waals surface area contributed by atoms with Crippen molar-refractivity contribution in [1.29, 1.82) is 0 Å². The number of benzene rings is 1. The molecular formula is C13H16F3NO3. The number of carbonyl (C=O) groups excluding carboxylic acids is 1. The van der Waals surface area contributed by atoms with E-state index < -0.39 is 24.1 Å². The fraction of sp³-hybridized carbons (Fsp3) is 0.462. The summed E-state index contributed by atoms with van der Waals surface area (Å²) in [7, 11) is 1.45. The molecule has 2 N–H and O–H groups in total. The molecular weight excluding hydrogens is 275 g/mol. The highest BCUT2D eigenvalue weighted by molar-refractivity contribution is 5.77. The minimum atomic E-state index is -4.85. The first kappa shape index (κ1) is 16.3. The van der Waals surface area contributed by atoms with Gasteiger partial charge in [-0.1, -0.05) is 18.2 Å². The molecule has 0 radical (unpaired) electrons. The van der Waals surface area contributed by atoms with Crippen molar-refractivity contribution < 1.29 is 27.8 Å². The van der Waals surface area contributed by atoms with Crippen LogP contribution in [0, 0.1) is 0 Å². The van der Waals surface area contributed by atoms with Gasteiger partial charge in [0, 0.05) is 12.1 Å². The van der Waals surface area contributed by atoms with Crippen LogP contribution in [-0.2, 0) is 11.3 Å². The van der Waals surface area contributed by atoms with E-state index in [0.717, 1.165) is 0 Å². The molecule has 0 aliphatic carbocycles. The number of carbonyl (C=O) groups is 1. The molecule has 20 heavy (non-hydrogen) atoms. The molecule has 0 aliphatic rings. The zero-order chi connectivity index (χ0) is 15.4. The van der Waals surface area contributed by atoms with Crippen LogP contribution in [0.4, 0.5) is 13.2 Å². The van der Waals surface area contributed by atoms with E-state index in [1.54, 1.807) is 24.3 Å². The monoisotopic (exact) mass is 291 g/mol. The van der Waals surface area contributed by atoms with Crippen molar-refractivity contribution in [2.24, 2.45) is 0 Å². The number of para-hydroxylation sites is 1. The van der Waals surface area contributed by atoms with Crippen molar-refractivity contribution >= 4 is 5.91 Å². The summed E-state index contributed by atoms with van der Waals surface area (Å²) in [6.07, 6.45) is -5.90. The highest BCUT2D eigenvalue weighted by atomic mass is 19.4. The first-order chi connectivity index (χ1) is 9.17. The van der Waals surface area contributed by atoms with Crippen LogP contribution in [-0.4, -0.2) is 29.9 Å². The topological polar surface area (TPSA) is 58.6 Å². The summed E-state index contributed by atoms with van der Waals surface area (Å²) < 4.78 is 42.3. The van der Waals surface area contributed by atoms with Crippen LogP contribution in [0.15, 0.2) is 24.3 Å². The highest BCUT2D eigenvalue weighted by Crippen LogP contribution is 2.32. The van der Waals surface area contributed by atoms with Gasteiger partial charge in [-0.05, 0) is 13.0 Å². The van der Waals surface area contributed by atoms with E-state index in [-0.39, 0.29) is 6.54 Å². The molecule has 1 atom stereocenters. The predicted molar refractivity (Wildman–Crippen MR) is 66.1 cm³/mol. The number of methoxy groups -OCH3 is 1. The van der Waals surface area contributed by atoms with Gasteiger partial charge in [-0.2, -0.15) is 13.2 Å². The van der Waals surface area contributed by atoms with E-state index >= 15 is 0 Å². The lowest BCUT2D eigenvalue weighted by Crippen LogP contribution is -2.46. The fourth-order valence-corrected chi connectivity index (χ4v) is 1.52. The van der Waals surface area contributed by atoms with Gasteiger partial charge in [0.1, 0.15) is 5.75 Å². The number of nitrogens with one attached hydrogen (secondary N) is 1. The second-order valence-corrected chi connectivity index (χ2v) is 4.54. The van der Waals surface area contributed by atoms with E-state index in [9.17, 15) is 23.1 Å². The molecule has 0 unspecified atom stereocenters.